The molecule has 3 heterocycles. The molecule has 2 aromatic rings. The number of rotatable bonds is 4. The molecule has 23 heavy (non-hydrogen) atoms. The lowest BCUT2D eigenvalue weighted by molar-refractivity contribution is 0.0786. The van der Waals surface area contributed by atoms with Gasteiger partial charge in [0, 0.05) is 30.5 Å². The van der Waals surface area contributed by atoms with Gasteiger partial charge in [0.05, 0.1) is 5.56 Å². The number of nitrogens with one attached hydrogen (secondary N) is 1. The van der Waals surface area contributed by atoms with Gasteiger partial charge in [-0.2, -0.15) is 0 Å². The Morgan fingerprint density at radius 3 is 2.83 bits per heavy atom. The summed E-state index contributed by atoms with van der Waals surface area (Å²) < 4.78 is 7.14. The standard InChI is InChI=1S/C17H24N4O2/c1-11-7-15(13(3)21(11)16-8-12(2)23-19-16)17(22)20-6-5-14(10-20)9-18-4/h7-8,14,18H,5-6,9-10H2,1-4H3. The highest BCUT2D eigenvalue weighted by Crippen LogP contribution is 2.24. The molecule has 124 valence electrons. The fourth-order valence-corrected chi connectivity index (χ4v) is 3.43. The van der Waals surface area contributed by atoms with Gasteiger partial charge in [0.2, 0.25) is 0 Å². The highest BCUT2D eigenvalue weighted by molar-refractivity contribution is 5.96. The van der Waals surface area contributed by atoms with Crippen LogP contribution in [0.15, 0.2) is 16.7 Å². The molecule has 0 aliphatic carbocycles. The van der Waals surface area contributed by atoms with Gasteiger partial charge in [-0.15, -0.1) is 0 Å². The van der Waals surface area contributed by atoms with Crippen LogP contribution in [0, 0.1) is 26.7 Å². The zero-order valence-corrected chi connectivity index (χ0v) is 14.2. The van der Waals surface area contributed by atoms with Crippen molar-refractivity contribution in [3.05, 3.63) is 34.8 Å². The molecule has 0 bridgehead atoms. The highest BCUT2D eigenvalue weighted by atomic mass is 16.5. The van der Waals surface area contributed by atoms with E-state index in [1.165, 1.54) is 0 Å². The molecule has 3 rings (SSSR count). The predicted octanol–water partition coefficient (Wildman–Crippen LogP) is 2.07. The van der Waals surface area contributed by atoms with E-state index in [1.54, 1.807) is 0 Å². The lowest BCUT2D eigenvalue weighted by Gasteiger charge is -2.16. The zero-order chi connectivity index (χ0) is 16.6. The van der Waals surface area contributed by atoms with Gasteiger partial charge in [0.25, 0.3) is 5.91 Å². The molecule has 1 saturated heterocycles. The third-order valence-electron chi connectivity index (χ3n) is 4.57. The van der Waals surface area contributed by atoms with Crippen molar-refractivity contribution in [2.75, 3.05) is 26.7 Å². The van der Waals surface area contributed by atoms with E-state index in [0.29, 0.717) is 5.92 Å². The fraction of sp³-hybridized carbons (Fsp3) is 0.529. The molecular weight excluding hydrogens is 292 g/mol. The molecule has 0 aromatic carbocycles. The molecule has 1 atom stereocenters. The van der Waals surface area contributed by atoms with Crippen LogP contribution in [0.25, 0.3) is 5.82 Å². The number of likely N-dealkylation sites (tertiary alicyclic amines) is 1. The van der Waals surface area contributed by atoms with Crippen molar-refractivity contribution in [1.82, 2.24) is 19.9 Å². The molecule has 0 spiro atoms. The summed E-state index contributed by atoms with van der Waals surface area (Å²) in [6, 6.07) is 3.83. The van der Waals surface area contributed by atoms with Crippen LogP contribution in [0.3, 0.4) is 0 Å². The molecule has 0 radical (unpaired) electrons. The van der Waals surface area contributed by atoms with Crippen LogP contribution in [-0.2, 0) is 0 Å². The number of aromatic nitrogens is 2. The fourth-order valence-electron chi connectivity index (χ4n) is 3.43. The van der Waals surface area contributed by atoms with E-state index in [1.807, 2.05) is 49.4 Å². The summed E-state index contributed by atoms with van der Waals surface area (Å²) in [7, 11) is 1.96. The van der Waals surface area contributed by atoms with Crippen molar-refractivity contribution >= 4 is 5.91 Å². The Kier molecular flexibility index (Phi) is 4.26. The average molecular weight is 316 g/mol. The summed E-state index contributed by atoms with van der Waals surface area (Å²) in [4.78, 5) is 14.8. The normalized spacial score (nSPS) is 17.9. The zero-order valence-electron chi connectivity index (χ0n) is 14.2. The Bertz CT molecular complexity index is 716. The molecule has 1 amide bonds. The molecule has 1 aliphatic rings. The van der Waals surface area contributed by atoms with Gasteiger partial charge < -0.3 is 14.7 Å². The van der Waals surface area contributed by atoms with E-state index in [-0.39, 0.29) is 5.91 Å². The number of amides is 1. The van der Waals surface area contributed by atoms with Crippen molar-refractivity contribution in [2.24, 2.45) is 5.92 Å². The Labute approximate surface area is 136 Å². The van der Waals surface area contributed by atoms with E-state index in [2.05, 4.69) is 10.5 Å². The monoisotopic (exact) mass is 316 g/mol. The first-order chi connectivity index (χ1) is 11.0. The van der Waals surface area contributed by atoms with E-state index in [0.717, 1.165) is 54.6 Å². The van der Waals surface area contributed by atoms with Crippen molar-refractivity contribution in [1.29, 1.82) is 0 Å². The van der Waals surface area contributed by atoms with E-state index < -0.39 is 0 Å². The molecule has 6 nitrogen and oxygen atoms in total. The van der Waals surface area contributed by atoms with Crippen molar-refractivity contribution < 1.29 is 9.32 Å². The SMILES string of the molecule is CNCC1CCN(C(=O)c2cc(C)n(-c3cc(C)on3)c2C)C1. The van der Waals surface area contributed by atoms with Crippen molar-refractivity contribution in [2.45, 2.75) is 27.2 Å². The average Bonchev–Trinajstić information content (AvgIpc) is 3.19. The molecule has 6 heteroatoms. The third kappa shape index (κ3) is 2.91. The summed E-state index contributed by atoms with van der Waals surface area (Å²) >= 11 is 0. The maximum Gasteiger partial charge on any atom is 0.255 e. The number of hydrogen-bond acceptors (Lipinski definition) is 4. The largest absolute Gasteiger partial charge is 0.360 e. The van der Waals surface area contributed by atoms with Crippen LogP contribution in [0.5, 0.6) is 0 Å². The van der Waals surface area contributed by atoms with Gasteiger partial charge >= 0.3 is 0 Å². The first kappa shape index (κ1) is 15.8. The molecule has 1 aliphatic heterocycles. The van der Waals surface area contributed by atoms with Crippen molar-refractivity contribution in [3.63, 3.8) is 0 Å². The van der Waals surface area contributed by atoms with Gasteiger partial charge in [0.1, 0.15) is 5.76 Å². The van der Waals surface area contributed by atoms with Gasteiger partial charge in [-0.3, -0.25) is 9.36 Å². The first-order valence-corrected chi connectivity index (χ1v) is 8.07. The van der Waals surface area contributed by atoms with Crippen LogP contribution in [-0.4, -0.2) is 47.2 Å². The minimum Gasteiger partial charge on any atom is -0.360 e. The van der Waals surface area contributed by atoms with E-state index >= 15 is 0 Å². The van der Waals surface area contributed by atoms with Crippen molar-refractivity contribution in [3.8, 4) is 5.82 Å². The van der Waals surface area contributed by atoms with Crippen LogP contribution in [0.1, 0.15) is 33.9 Å². The molecular formula is C17H24N4O2. The number of hydrogen-bond donors (Lipinski definition) is 1. The summed E-state index contributed by atoms with van der Waals surface area (Å²) in [5.74, 6) is 2.15. The number of nitrogens with zero attached hydrogens (tertiary/aromatic N) is 3. The van der Waals surface area contributed by atoms with Crippen LogP contribution in [0.2, 0.25) is 0 Å². The number of carbonyl (C=O) groups excluding carboxylic acids is 1. The Hall–Kier alpha value is -2.08. The smallest absolute Gasteiger partial charge is 0.255 e. The number of aryl methyl sites for hydroxylation is 2. The quantitative estimate of drug-likeness (QED) is 0.938. The second kappa shape index (κ2) is 6.20. The summed E-state index contributed by atoms with van der Waals surface area (Å²) in [6.45, 7) is 8.43. The van der Waals surface area contributed by atoms with E-state index in [9.17, 15) is 4.79 Å². The first-order valence-electron chi connectivity index (χ1n) is 8.07. The van der Waals surface area contributed by atoms with Crippen LogP contribution < -0.4 is 5.32 Å². The summed E-state index contributed by atoms with van der Waals surface area (Å²) in [5, 5.41) is 7.27. The molecule has 0 saturated carbocycles. The Morgan fingerprint density at radius 2 is 2.17 bits per heavy atom. The topological polar surface area (TPSA) is 63.3 Å². The maximum absolute atomic E-state index is 12.9. The maximum atomic E-state index is 12.9. The van der Waals surface area contributed by atoms with Gasteiger partial charge in [0.15, 0.2) is 5.82 Å². The number of carbonyl (C=O) groups is 1. The second-order valence-corrected chi connectivity index (χ2v) is 6.38. The predicted molar refractivity (Wildman–Crippen MR) is 88.0 cm³/mol. The minimum absolute atomic E-state index is 0.114. The van der Waals surface area contributed by atoms with Crippen LogP contribution >= 0.6 is 0 Å². The van der Waals surface area contributed by atoms with Gasteiger partial charge in [-0.05, 0) is 52.8 Å². The van der Waals surface area contributed by atoms with Gasteiger partial charge in [-0.1, -0.05) is 5.16 Å². The highest BCUT2D eigenvalue weighted by Gasteiger charge is 2.29. The second-order valence-electron chi connectivity index (χ2n) is 6.38. The van der Waals surface area contributed by atoms with Gasteiger partial charge in [-0.25, -0.2) is 0 Å². The molecule has 1 fully saturated rings. The molecule has 1 unspecified atom stereocenters. The third-order valence-corrected chi connectivity index (χ3v) is 4.57. The Morgan fingerprint density at radius 1 is 1.39 bits per heavy atom. The molecule has 1 N–H and O–H groups in total. The lowest BCUT2D eigenvalue weighted by Crippen LogP contribution is -2.30. The summed E-state index contributed by atoms with van der Waals surface area (Å²) in [5.41, 5.74) is 2.66. The Balaban J connectivity index is 1.85. The lowest BCUT2D eigenvalue weighted by atomic mass is 10.1. The van der Waals surface area contributed by atoms with Crippen LogP contribution in [0.4, 0.5) is 0 Å². The van der Waals surface area contributed by atoms with E-state index in [4.69, 9.17) is 4.52 Å². The summed E-state index contributed by atoms with van der Waals surface area (Å²) in [6.07, 6.45) is 1.06. The minimum atomic E-state index is 0.114. The molecule has 2 aromatic heterocycles.